The number of nitrogens with two attached hydrogens (primary N) is 1. The normalized spacial score (nSPS) is 21.8. The number of amides is 1. The number of anilines is 1. The molecule has 0 saturated carbocycles. The maximum absolute atomic E-state index is 13.2. The molecular weight excluding hydrogens is 394 g/mol. The Morgan fingerprint density at radius 1 is 1.27 bits per heavy atom. The molecular formula is C18H23N7O5. The standard InChI is InChI=1S/C18H23N7O5/c1-11(26)29-10-12-5-6-14(30-12)25-18(28)16-15(20-22-25)17(21-24(16)9-13(19)27)23-7-3-2-4-8-23/h5-6,12,14H,2-4,7-10H2,1H3,(H2,19,27). The summed E-state index contributed by atoms with van der Waals surface area (Å²) in [6.07, 6.45) is 5.17. The number of fused-ring (bicyclic) bond motifs is 1. The first kappa shape index (κ1) is 20.3. The largest absolute Gasteiger partial charge is 0.463 e. The zero-order chi connectivity index (χ0) is 21.3. The van der Waals surface area contributed by atoms with Crippen molar-refractivity contribution in [1.82, 2.24) is 24.8 Å². The minimum Gasteiger partial charge on any atom is -0.463 e. The lowest BCUT2D eigenvalue weighted by atomic mass is 10.1. The molecule has 2 radical (unpaired) electrons. The molecule has 1 amide bonds. The fraction of sp³-hybridized carbons (Fsp3) is 0.556. The van der Waals surface area contributed by atoms with Crippen molar-refractivity contribution in [2.45, 2.75) is 45.1 Å². The van der Waals surface area contributed by atoms with Gasteiger partial charge in [-0.2, -0.15) is 9.78 Å². The van der Waals surface area contributed by atoms with Gasteiger partial charge in [0.25, 0.3) is 5.56 Å². The summed E-state index contributed by atoms with van der Waals surface area (Å²) in [7, 11) is 0. The number of primary amides is 1. The van der Waals surface area contributed by atoms with Gasteiger partial charge in [-0.15, -0.1) is 5.10 Å². The van der Waals surface area contributed by atoms with Gasteiger partial charge in [0.1, 0.15) is 13.2 Å². The third-order valence-electron chi connectivity index (χ3n) is 5.02. The number of aromatic nitrogens is 5. The summed E-state index contributed by atoms with van der Waals surface area (Å²) in [5.41, 5.74) is 5.33. The molecule has 2 N–H and O–H groups in total. The lowest BCUT2D eigenvalue weighted by Crippen LogP contribution is -2.32. The molecule has 12 heteroatoms. The van der Waals surface area contributed by atoms with Gasteiger partial charge < -0.3 is 20.1 Å². The highest BCUT2D eigenvalue weighted by molar-refractivity contribution is 5.87. The van der Waals surface area contributed by atoms with Gasteiger partial charge in [-0.1, -0.05) is 5.21 Å². The van der Waals surface area contributed by atoms with E-state index in [9.17, 15) is 14.4 Å². The van der Waals surface area contributed by atoms with Crippen LogP contribution in [0.1, 0.15) is 32.4 Å². The quantitative estimate of drug-likeness (QED) is 0.604. The van der Waals surface area contributed by atoms with Crippen LogP contribution >= 0.6 is 0 Å². The molecule has 160 valence electrons. The summed E-state index contributed by atoms with van der Waals surface area (Å²) in [5.74, 6) is -0.515. The van der Waals surface area contributed by atoms with Crippen LogP contribution in [0.3, 0.4) is 0 Å². The zero-order valence-corrected chi connectivity index (χ0v) is 16.6. The molecule has 0 bridgehead atoms. The summed E-state index contributed by atoms with van der Waals surface area (Å²) in [6, 6.07) is 0. The van der Waals surface area contributed by atoms with Gasteiger partial charge in [0.05, 0.1) is 6.10 Å². The smallest absolute Gasteiger partial charge is 0.302 e. The molecule has 4 rings (SSSR count). The molecule has 30 heavy (non-hydrogen) atoms. The van der Waals surface area contributed by atoms with Crippen molar-refractivity contribution < 1.29 is 19.1 Å². The average Bonchev–Trinajstić information content (AvgIpc) is 3.32. The monoisotopic (exact) mass is 417 g/mol. The van der Waals surface area contributed by atoms with Gasteiger partial charge in [-0.25, -0.2) is 4.68 Å². The number of piperidine rings is 1. The first-order chi connectivity index (χ1) is 14.4. The maximum Gasteiger partial charge on any atom is 0.302 e. The predicted molar refractivity (Wildman–Crippen MR) is 104 cm³/mol. The van der Waals surface area contributed by atoms with E-state index < -0.39 is 29.8 Å². The molecule has 2 aromatic heterocycles. The van der Waals surface area contributed by atoms with Crippen molar-refractivity contribution in [3.63, 3.8) is 0 Å². The molecule has 2 fully saturated rings. The van der Waals surface area contributed by atoms with Crippen molar-refractivity contribution in [3.05, 3.63) is 23.2 Å². The van der Waals surface area contributed by atoms with Crippen molar-refractivity contribution in [2.75, 3.05) is 24.6 Å². The molecule has 12 nitrogen and oxygen atoms in total. The molecule has 2 aliphatic heterocycles. The van der Waals surface area contributed by atoms with Crippen LogP contribution in [0.25, 0.3) is 11.0 Å². The molecule has 0 aliphatic carbocycles. The first-order valence-electron chi connectivity index (χ1n) is 9.80. The van der Waals surface area contributed by atoms with Crippen LogP contribution in [0.15, 0.2) is 4.79 Å². The molecule has 0 aromatic carbocycles. The molecule has 2 atom stereocenters. The summed E-state index contributed by atoms with van der Waals surface area (Å²) in [4.78, 5) is 37.8. The van der Waals surface area contributed by atoms with Crippen molar-refractivity contribution >= 4 is 28.7 Å². The van der Waals surface area contributed by atoms with Gasteiger partial charge in [-0.05, 0) is 19.3 Å². The fourth-order valence-electron chi connectivity index (χ4n) is 3.66. The summed E-state index contributed by atoms with van der Waals surface area (Å²) in [6.45, 7) is 2.67. The number of ether oxygens (including phenoxy) is 2. The van der Waals surface area contributed by atoms with Crippen LogP contribution in [-0.4, -0.2) is 62.5 Å². The average molecular weight is 417 g/mol. The zero-order valence-electron chi connectivity index (χ0n) is 16.6. The molecule has 0 spiro atoms. The van der Waals surface area contributed by atoms with Gasteiger partial charge in [0.15, 0.2) is 23.1 Å². The molecule has 2 unspecified atom stereocenters. The van der Waals surface area contributed by atoms with Crippen LogP contribution in [0, 0.1) is 12.8 Å². The van der Waals surface area contributed by atoms with Gasteiger partial charge in [0.2, 0.25) is 5.91 Å². The summed E-state index contributed by atoms with van der Waals surface area (Å²) < 4.78 is 13.0. The lowest BCUT2D eigenvalue weighted by molar-refractivity contribution is -0.145. The van der Waals surface area contributed by atoms with Gasteiger partial charge in [-0.3, -0.25) is 14.4 Å². The van der Waals surface area contributed by atoms with Crippen LogP contribution in [0.2, 0.25) is 0 Å². The summed E-state index contributed by atoms with van der Waals surface area (Å²) in [5, 5.41) is 12.7. The van der Waals surface area contributed by atoms with Crippen LogP contribution in [0.5, 0.6) is 0 Å². The molecule has 2 aromatic rings. The highest BCUT2D eigenvalue weighted by Gasteiger charge is 2.32. The van der Waals surface area contributed by atoms with E-state index in [0.717, 1.165) is 37.0 Å². The van der Waals surface area contributed by atoms with Crippen molar-refractivity contribution in [1.29, 1.82) is 0 Å². The minimum atomic E-state index is -0.815. The van der Waals surface area contributed by atoms with Crippen LogP contribution < -0.4 is 16.2 Å². The second kappa shape index (κ2) is 8.38. The fourth-order valence-corrected chi connectivity index (χ4v) is 3.66. The van der Waals surface area contributed by atoms with E-state index in [1.54, 1.807) is 12.8 Å². The number of nitrogens with zero attached hydrogens (tertiary/aromatic N) is 6. The topological polar surface area (TPSA) is 147 Å². The van der Waals surface area contributed by atoms with Gasteiger partial charge in [0, 0.05) is 32.9 Å². The lowest BCUT2D eigenvalue weighted by Gasteiger charge is -2.26. The Morgan fingerprint density at radius 3 is 2.73 bits per heavy atom. The number of hydrogen-bond acceptors (Lipinski definition) is 9. The van der Waals surface area contributed by atoms with Crippen LogP contribution in [0.4, 0.5) is 5.82 Å². The van der Waals surface area contributed by atoms with Gasteiger partial charge >= 0.3 is 5.97 Å². The third kappa shape index (κ3) is 3.99. The molecule has 4 heterocycles. The highest BCUT2D eigenvalue weighted by atomic mass is 16.6. The van der Waals surface area contributed by atoms with E-state index in [4.69, 9.17) is 15.2 Å². The number of hydrogen-bond donors (Lipinski definition) is 1. The van der Waals surface area contributed by atoms with E-state index >= 15 is 0 Å². The summed E-state index contributed by atoms with van der Waals surface area (Å²) >= 11 is 0. The number of carbonyl (C=O) groups is 2. The number of esters is 1. The van der Waals surface area contributed by atoms with E-state index in [1.165, 1.54) is 11.6 Å². The Balaban J connectivity index is 1.68. The Labute approximate surface area is 171 Å². The Hall–Kier alpha value is -3.02. The van der Waals surface area contributed by atoms with Crippen molar-refractivity contribution in [2.24, 2.45) is 5.73 Å². The SMILES string of the molecule is CC(=O)OCC1[CH][CH]C(n2nnc3c(N4CCCCC4)nn(CC(N)=O)c3c2=O)O1. The Morgan fingerprint density at radius 2 is 2.03 bits per heavy atom. The maximum atomic E-state index is 13.2. The molecule has 2 saturated heterocycles. The van der Waals surface area contributed by atoms with E-state index in [-0.39, 0.29) is 18.7 Å². The number of carbonyl (C=O) groups excluding carboxylic acids is 2. The van der Waals surface area contributed by atoms with E-state index in [0.29, 0.717) is 11.3 Å². The van der Waals surface area contributed by atoms with E-state index in [2.05, 4.69) is 15.4 Å². The molecule has 2 aliphatic rings. The number of rotatable bonds is 6. The predicted octanol–water partition coefficient (Wildman–Crippen LogP) is -0.667. The highest BCUT2D eigenvalue weighted by Crippen LogP contribution is 2.27. The second-order valence-electron chi connectivity index (χ2n) is 7.28. The van der Waals surface area contributed by atoms with E-state index in [1.807, 2.05) is 4.90 Å². The second-order valence-corrected chi connectivity index (χ2v) is 7.28. The Bertz CT molecular complexity index is 1010. The first-order valence-corrected chi connectivity index (χ1v) is 9.80. The third-order valence-corrected chi connectivity index (χ3v) is 5.02. The van der Waals surface area contributed by atoms with Crippen LogP contribution in [-0.2, 0) is 25.6 Å². The minimum absolute atomic E-state index is 0.0332. The van der Waals surface area contributed by atoms with Crippen molar-refractivity contribution in [3.8, 4) is 0 Å². The Kier molecular flexibility index (Phi) is 5.66.